The molecule has 0 fully saturated rings. The molecule has 2 N–H and O–H groups in total. The van der Waals surface area contributed by atoms with Gasteiger partial charge in [0.15, 0.2) is 0 Å². The molecule has 1 aromatic rings. The smallest absolute Gasteiger partial charge is 0.395 e. The van der Waals surface area contributed by atoms with E-state index in [9.17, 15) is 13.2 Å². The second kappa shape index (κ2) is 6.06. The van der Waals surface area contributed by atoms with Crippen molar-refractivity contribution in [2.24, 2.45) is 0 Å². The Morgan fingerprint density at radius 2 is 2.10 bits per heavy atom. The zero-order valence-electron chi connectivity index (χ0n) is 11.2. The Kier molecular flexibility index (Phi) is 4.61. The van der Waals surface area contributed by atoms with Crippen molar-refractivity contribution in [1.29, 1.82) is 0 Å². The van der Waals surface area contributed by atoms with Crippen molar-refractivity contribution < 1.29 is 18.3 Å². The topological polar surface area (TPSA) is 66.2 Å². The highest BCUT2D eigenvalue weighted by molar-refractivity contribution is 5.02. The number of nitrogens with one attached hydrogen (secondary N) is 1. The van der Waals surface area contributed by atoms with Gasteiger partial charge in [0, 0.05) is 25.7 Å². The molecule has 1 aliphatic rings. The molecule has 0 radical (unpaired) electrons. The van der Waals surface area contributed by atoms with E-state index in [0.717, 1.165) is 11.0 Å². The standard InChI is InChI=1S/C11H18F3N5O/c1-15-8(7-20)2-3-18-4-5-19-9(6-18)16-17-10(19)11(12,13)14/h8,15,20H,2-7H2,1H3. The van der Waals surface area contributed by atoms with Crippen LogP contribution in [0.15, 0.2) is 0 Å². The lowest BCUT2D eigenvalue weighted by Gasteiger charge is -2.28. The number of hydrogen-bond donors (Lipinski definition) is 2. The third-order valence-electron chi connectivity index (χ3n) is 3.51. The van der Waals surface area contributed by atoms with E-state index < -0.39 is 12.0 Å². The summed E-state index contributed by atoms with van der Waals surface area (Å²) in [6.07, 6.45) is -3.73. The molecule has 2 rings (SSSR count). The molecule has 1 aliphatic heterocycles. The molecule has 2 heterocycles. The van der Waals surface area contributed by atoms with Crippen LogP contribution in [0.2, 0.25) is 0 Å². The Bertz CT molecular complexity index is 444. The zero-order valence-corrected chi connectivity index (χ0v) is 11.2. The van der Waals surface area contributed by atoms with Crippen molar-refractivity contribution in [3.8, 4) is 0 Å². The molecule has 0 aromatic carbocycles. The predicted octanol–water partition coefficient (Wildman–Crippen LogP) is 0.0829. The van der Waals surface area contributed by atoms with Crippen molar-refractivity contribution in [3.05, 3.63) is 11.6 Å². The molecule has 6 nitrogen and oxygen atoms in total. The molecular formula is C11H18F3N5O. The van der Waals surface area contributed by atoms with Crippen molar-refractivity contribution in [3.63, 3.8) is 0 Å². The number of aromatic nitrogens is 3. The molecule has 1 aromatic heterocycles. The van der Waals surface area contributed by atoms with Crippen molar-refractivity contribution >= 4 is 0 Å². The van der Waals surface area contributed by atoms with Crippen LogP contribution in [0.1, 0.15) is 18.1 Å². The van der Waals surface area contributed by atoms with Gasteiger partial charge in [0.2, 0.25) is 5.82 Å². The number of likely N-dealkylation sites (N-methyl/N-ethyl adjacent to an activating group) is 1. The van der Waals surface area contributed by atoms with Gasteiger partial charge in [0.1, 0.15) is 5.82 Å². The minimum atomic E-state index is -4.46. The maximum Gasteiger partial charge on any atom is 0.451 e. The number of rotatable bonds is 5. The van der Waals surface area contributed by atoms with Gasteiger partial charge in [-0.25, -0.2) is 0 Å². The number of nitrogens with zero attached hydrogens (tertiary/aromatic N) is 4. The van der Waals surface area contributed by atoms with E-state index in [1.54, 1.807) is 7.05 Å². The second-order valence-electron chi connectivity index (χ2n) is 4.82. The van der Waals surface area contributed by atoms with Gasteiger partial charge in [-0.3, -0.25) is 4.90 Å². The van der Waals surface area contributed by atoms with Crippen LogP contribution in [0.3, 0.4) is 0 Å². The quantitative estimate of drug-likeness (QED) is 0.805. The van der Waals surface area contributed by atoms with Gasteiger partial charge in [0.05, 0.1) is 13.2 Å². The molecule has 0 saturated heterocycles. The maximum absolute atomic E-state index is 12.7. The number of hydrogen-bond acceptors (Lipinski definition) is 5. The lowest BCUT2D eigenvalue weighted by atomic mass is 10.2. The van der Waals surface area contributed by atoms with Gasteiger partial charge >= 0.3 is 6.18 Å². The minimum Gasteiger partial charge on any atom is -0.395 e. The van der Waals surface area contributed by atoms with E-state index in [2.05, 4.69) is 15.5 Å². The summed E-state index contributed by atoms with van der Waals surface area (Å²) >= 11 is 0. The van der Waals surface area contributed by atoms with E-state index in [1.807, 2.05) is 4.90 Å². The summed E-state index contributed by atoms with van der Waals surface area (Å²) < 4.78 is 39.2. The first-order chi connectivity index (χ1) is 9.45. The van der Waals surface area contributed by atoms with Crippen LogP contribution in [0.5, 0.6) is 0 Å². The van der Waals surface area contributed by atoms with Crippen LogP contribution < -0.4 is 5.32 Å². The van der Waals surface area contributed by atoms with E-state index in [1.165, 1.54) is 0 Å². The number of aliphatic hydroxyl groups excluding tert-OH is 1. The number of aliphatic hydroxyl groups is 1. The number of halogens is 3. The highest BCUT2D eigenvalue weighted by Crippen LogP contribution is 2.29. The Hall–Kier alpha value is -1.19. The molecule has 1 atom stereocenters. The predicted molar refractivity (Wildman–Crippen MR) is 64.9 cm³/mol. The normalized spacial score (nSPS) is 18.1. The molecule has 0 spiro atoms. The highest BCUT2D eigenvalue weighted by atomic mass is 19.4. The molecule has 20 heavy (non-hydrogen) atoms. The fourth-order valence-electron chi connectivity index (χ4n) is 2.27. The van der Waals surface area contributed by atoms with Crippen LogP contribution in [-0.2, 0) is 19.3 Å². The molecule has 9 heteroatoms. The first-order valence-corrected chi connectivity index (χ1v) is 6.45. The number of fused-ring (bicyclic) bond motifs is 1. The fraction of sp³-hybridized carbons (Fsp3) is 0.818. The van der Waals surface area contributed by atoms with E-state index in [4.69, 9.17) is 5.11 Å². The first kappa shape index (κ1) is 15.2. The van der Waals surface area contributed by atoms with Crippen molar-refractivity contribution in [2.45, 2.75) is 31.7 Å². The van der Waals surface area contributed by atoms with Gasteiger partial charge in [-0.1, -0.05) is 0 Å². The molecule has 0 bridgehead atoms. The van der Waals surface area contributed by atoms with E-state index >= 15 is 0 Å². The van der Waals surface area contributed by atoms with Crippen molar-refractivity contribution in [2.75, 3.05) is 26.7 Å². The molecule has 114 valence electrons. The van der Waals surface area contributed by atoms with Gasteiger partial charge in [-0.2, -0.15) is 13.2 Å². The lowest BCUT2D eigenvalue weighted by Crippen LogP contribution is -2.39. The third kappa shape index (κ3) is 3.28. The molecule has 0 aliphatic carbocycles. The molecule has 0 amide bonds. The largest absolute Gasteiger partial charge is 0.451 e. The second-order valence-corrected chi connectivity index (χ2v) is 4.82. The van der Waals surface area contributed by atoms with E-state index in [0.29, 0.717) is 25.5 Å². The summed E-state index contributed by atoms with van der Waals surface area (Å²) in [5, 5.41) is 18.9. The van der Waals surface area contributed by atoms with Gasteiger partial charge in [-0.05, 0) is 13.5 Å². The van der Waals surface area contributed by atoms with Crippen LogP contribution in [0, 0.1) is 0 Å². The summed E-state index contributed by atoms with van der Waals surface area (Å²) in [5.74, 6) is -0.579. The van der Waals surface area contributed by atoms with Crippen LogP contribution in [-0.4, -0.2) is 57.6 Å². The Morgan fingerprint density at radius 3 is 2.70 bits per heavy atom. The monoisotopic (exact) mass is 293 g/mol. The minimum absolute atomic E-state index is 0.000493. The Labute approximate surface area is 114 Å². The Balaban J connectivity index is 1.97. The van der Waals surface area contributed by atoms with Crippen molar-refractivity contribution in [1.82, 2.24) is 25.0 Å². The highest BCUT2D eigenvalue weighted by Gasteiger charge is 2.39. The molecular weight excluding hydrogens is 275 g/mol. The summed E-state index contributed by atoms with van der Waals surface area (Å²) in [6, 6.07) is 0.000493. The molecule has 1 unspecified atom stereocenters. The summed E-state index contributed by atoms with van der Waals surface area (Å²) in [7, 11) is 1.77. The summed E-state index contributed by atoms with van der Waals surface area (Å²) in [4.78, 5) is 2.02. The van der Waals surface area contributed by atoms with Gasteiger partial charge in [-0.15, -0.1) is 10.2 Å². The fourth-order valence-corrected chi connectivity index (χ4v) is 2.27. The zero-order chi connectivity index (χ0) is 14.8. The average molecular weight is 293 g/mol. The van der Waals surface area contributed by atoms with Gasteiger partial charge in [0.25, 0.3) is 0 Å². The summed E-state index contributed by atoms with van der Waals surface area (Å²) in [5.41, 5.74) is 0. The Morgan fingerprint density at radius 1 is 1.35 bits per heavy atom. The average Bonchev–Trinajstić information content (AvgIpc) is 2.82. The van der Waals surface area contributed by atoms with Crippen LogP contribution in [0.25, 0.3) is 0 Å². The van der Waals surface area contributed by atoms with E-state index in [-0.39, 0.29) is 19.2 Å². The maximum atomic E-state index is 12.7. The molecule has 0 saturated carbocycles. The lowest BCUT2D eigenvalue weighted by molar-refractivity contribution is -0.148. The number of alkyl halides is 3. The van der Waals surface area contributed by atoms with Crippen LogP contribution >= 0.6 is 0 Å². The summed E-state index contributed by atoms with van der Waals surface area (Å²) in [6.45, 7) is 1.85. The SMILES string of the molecule is CNC(CO)CCN1CCn2c(nnc2C(F)(F)F)C1. The third-order valence-corrected chi connectivity index (χ3v) is 3.51. The van der Waals surface area contributed by atoms with Gasteiger partial charge < -0.3 is 15.0 Å². The van der Waals surface area contributed by atoms with Crippen LogP contribution in [0.4, 0.5) is 13.2 Å². The first-order valence-electron chi connectivity index (χ1n) is 6.45.